The van der Waals surface area contributed by atoms with Crippen molar-refractivity contribution in [2.45, 2.75) is 63.2 Å². The molecule has 17 heteroatoms. The van der Waals surface area contributed by atoms with E-state index in [1.165, 1.54) is 20.8 Å². The fourth-order valence-corrected chi connectivity index (χ4v) is 3.70. The van der Waals surface area contributed by atoms with Crippen LogP contribution in [-0.4, -0.2) is 54.5 Å². The van der Waals surface area contributed by atoms with Gasteiger partial charge >= 0.3 is 47.9 Å². The number of carbonyl (C=O) groups excluding carboxylic acids is 2. The number of alkyl halides is 12. The minimum absolute atomic E-state index is 0.00586. The topological polar surface area (TPSA) is 55.4 Å². The van der Waals surface area contributed by atoms with Gasteiger partial charge in [-0.1, -0.05) is 6.92 Å². The maximum atomic E-state index is 14.0. The van der Waals surface area contributed by atoms with Gasteiger partial charge < -0.3 is 10.1 Å². The van der Waals surface area contributed by atoms with Gasteiger partial charge in [-0.15, -0.1) is 11.3 Å². The molecule has 196 valence electrons. The van der Waals surface area contributed by atoms with Crippen molar-refractivity contribution in [1.82, 2.24) is 0 Å². The van der Waals surface area contributed by atoms with Crippen LogP contribution in [0.1, 0.15) is 34.6 Å². The summed E-state index contributed by atoms with van der Waals surface area (Å²) < 4.78 is 164. The van der Waals surface area contributed by atoms with Gasteiger partial charge in [-0.25, -0.2) is 13.6 Å². The van der Waals surface area contributed by atoms with Gasteiger partial charge in [0.15, 0.2) is 0 Å². The number of rotatable bonds is 10. The molecule has 0 atom stereocenters. The summed E-state index contributed by atoms with van der Waals surface area (Å²) in [6.45, 7) is 3.76. The zero-order chi connectivity index (χ0) is 27.1. The Morgan fingerprint density at radius 2 is 1.41 bits per heavy atom. The molecular weight excluding hydrogens is 526 g/mol. The number of anilines is 1. The summed E-state index contributed by atoms with van der Waals surface area (Å²) in [4.78, 5) is 24.0. The second-order valence-corrected chi connectivity index (χ2v) is 7.82. The molecule has 1 rings (SSSR count). The number of hydrogen-bond acceptors (Lipinski definition) is 4. The SMILES string of the molecule is CCOC(=O)c1c(NC(=O)C(F)(F)C(F)(F)C(F)(F)C(F)(F)C(F)(F)C(F)F)sc(C)c1CC. The average molecular weight is 541 g/mol. The molecule has 0 unspecified atom stereocenters. The molecule has 0 bridgehead atoms. The van der Waals surface area contributed by atoms with Gasteiger partial charge in [0.25, 0.3) is 0 Å². The third kappa shape index (κ3) is 4.42. The Kier molecular flexibility index (Phi) is 8.29. The molecule has 1 N–H and O–H groups in total. The van der Waals surface area contributed by atoms with Crippen LogP contribution in [0.25, 0.3) is 0 Å². The Morgan fingerprint density at radius 3 is 1.82 bits per heavy atom. The largest absolute Gasteiger partial charge is 0.462 e. The smallest absolute Gasteiger partial charge is 0.393 e. The van der Waals surface area contributed by atoms with E-state index in [9.17, 15) is 62.3 Å². The molecule has 1 amide bonds. The Balaban J connectivity index is 3.51. The van der Waals surface area contributed by atoms with Crippen molar-refractivity contribution in [1.29, 1.82) is 0 Å². The molecule has 0 aromatic carbocycles. The molecule has 0 fully saturated rings. The third-order valence-electron chi connectivity index (χ3n) is 4.43. The Labute approximate surface area is 187 Å². The molecular formula is C17H15F12NO3S. The second-order valence-electron chi connectivity index (χ2n) is 6.59. The maximum Gasteiger partial charge on any atom is 0.393 e. The Bertz CT molecular complexity index is 929. The lowest BCUT2D eigenvalue weighted by molar-refractivity contribution is -0.406. The summed E-state index contributed by atoms with van der Waals surface area (Å²) >= 11 is 0.330. The van der Waals surface area contributed by atoms with Crippen molar-refractivity contribution in [3.63, 3.8) is 0 Å². The highest BCUT2D eigenvalue weighted by Gasteiger charge is 2.89. The van der Waals surface area contributed by atoms with Gasteiger partial charge in [-0.2, -0.15) is 43.9 Å². The second kappa shape index (κ2) is 9.45. The minimum atomic E-state index is -7.84. The van der Waals surface area contributed by atoms with Crippen LogP contribution in [0.5, 0.6) is 0 Å². The minimum Gasteiger partial charge on any atom is -0.462 e. The number of nitrogens with one attached hydrogen (secondary N) is 1. The molecule has 0 saturated carbocycles. The number of esters is 1. The van der Waals surface area contributed by atoms with Gasteiger partial charge in [0, 0.05) is 4.88 Å². The van der Waals surface area contributed by atoms with Gasteiger partial charge in [0.1, 0.15) is 5.00 Å². The van der Waals surface area contributed by atoms with E-state index in [0.29, 0.717) is 11.3 Å². The van der Waals surface area contributed by atoms with Crippen molar-refractivity contribution >= 4 is 28.2 Å². The fourth-order valence-electron chi connectivity index (χ4n) is 2.58. The van der Waals surface area contributed by atoms with E-state index in [-0.39, 0.29) is 23.5 Å². The quantitative estimate of drug-likeness (QED) is 0.285. The molecule has 0 aliphatic carbocycles. The first-order chi connectivity index (χ1) is 15.2. The monoisotopic (exact) mass is 541 g/mol. The molecule has 34 heavy (non-hydrogen) atoms. The summed E-state index contributed by atoms with van der Waals surface area (Å²) in [6.07, 6.45) is -5.65. The number of thiophene rings is 1. The zero-order valence-electron chi connectivity index (χ0n) is 17.2. The lowest BCUT2D eigenvalue weighted by Crippen LogP contribution is -2.70. The van der Waals surface area contributed by atoms with Crippen LogP contribution < -0.4 is 5.32 Å². The van der Waals surface area contributed by atoms with Gasteiger partial charge in [-0.3, -0.25) is 4.79 Å². The number of carbonyl (C=O) groups is 2. The molecule has 1 aromatic heterocycles. The number of aryl methyl sites for hydroxylation is 1. The van der Waals surface area contributed by atoms with Crippen molar-refractivity contribution in [3.8, 4) is 0 Å². The van der Waals surface area contributed by atoms with Crippen LogP contribution in [0.3, 0.4) is 0 Å². The van der Waals surface area contributed by atoms with E-state index in [1.807, 2.05) is 0 Å². The average Bonchev–Trinajstić information content (AvgIpc) is 3.01. The Hall–Kier alpha value is -2.20. The van der Waals surface area contributed by atoms with Gasteiger partial charge in [-0.05, 0) is 25.8 Å². The van der Waals surface area contributed by atoms with E-state index < -0.39 is 58.5 Å². The highest BCUT2D eigenvalue weighted by atomic mass is 32.1. The van der Waals surface area contributed by atoms with Crippen LogP contribution in [0.4, 0.5) is 57.7 Å². The summed E-state index contributed by atoms with van der Waals surface area (Å²) in [7, 11) is 0. The molecule has 1 heterocycles. The molecule has 1 aromatic rings. The predicted molar refractivity (Wildman–Crippen MR) is 93.8 cm³/mol. The highest BCUT2D eigenvalue weighted by Crippen LogP contribution is 2.58. The van der Waals surface area contributed by atoms with Crippen LogP contribution >= 0.6 is 11.3 Å². The normalized spacial score (nSPS) is 13.9. The van der Waals surface area contributed by atoms with Gasteiger partial charge in [0.2, 0.25) is 0 Å². The summed E-state index contributed by atoms with van der Waals surface area (Å²) in [5.74, 6) is -41.8. The van der Waals surface area contributed by atoms with Crippen molar-refractivity contribution < 1.29 is 67.0 Å². The molecule has 4 nitrogen and oxygen atoms in total. The molecule has 0 aliphatic heterocycles. The number of halogens is 12. The fraction of sp³-hybridized carbons (Fsp3) is 0.647. The van der Waals surface area contributed by atoms with E-state index in [0.717, 1.165) is 5.32 Å². The number of amides is 1. The first kappa shape index (κ1) is 29.8. The Morgan fingerprint density at radius 1 is 0.912 bits per heavy atom. The highest BCUT2D eigenvalue weighted by molar-refractivity contribution is 7.16. The number of hydrogen-bond donors (Lipinski definition) is 1. The maximum absolute atomic E-state index is 14.0. The third-order valence-corrected chi connectivity index (χ3v) is 5.49. The molecule has 0 aliphatic rings. The van der Waals surface area contributed by atoms with Crippen LogP contribution in [0.15, 0.2) is 0 Å². The van der Waals surface area contributed by atoms with E-state index >= 15 is 0 Å². The van der Waals surface area contributed by atoms with Crippen molar-refractivity contribution in [2.24, 2.45) is 0 Å². The van der Waals surface area contributed by atoms with E-state index in [2.05, 4.69) is 4.74 Å². The van der Waals surface area contributed by atoms with Crippen molar-refractivity contribution in [2.75, 3.05) is 11.9 Å². The van der Waals surface area contributed by atoms with Crippen LogP contribution in [-0.2, 0) is 16.0 Å². The standard InChI is InChI=1S/C17H15F12NO3S/c1-4-7-6(3)34-9(8(7)10(31)33-5-2)30-12(32)14(22,23)16(26,27)17(28,29)15(24,25)13(20,21)11(18)19/h11H,4-5H2,1-3H3,(H,30,32). The van der Waals surface area contributed by atoms with Gasteiger partial charge in [0.05, 0.1) is 12.2 Å². The number of ether oxygens (including phenoxy) is 1. The van der Waals surface area contributed by atoms with E-state index in [4.69, 9.17) is 0 Å². The molecule has 0 radical (unpaired) electrons. The lowest BCUT2D eigenvalue weighted by Gasteiger charge is -2.38. The first-order valence-electron chi connectivity index (χ1n) is 8.94. The summed E-state index contributed by atoms with van der Waals surface area (Å²) in [6, 6.07) is 0. The summed E-state index contributed by atoms with van der Waals surface area (Å²) in [5, 5.41) is 0.0962. The summed E-state index contributed by atoms with van der Waals surface area (Å²) in [5.41, 5.74) is -0.553. The van der Waals surface area contributed by atoms with Crippen molar-refractivity contribution in [3.05, 3.63) is 16.0 Å². The zero-order valence-corrected chi connectivity index (χ0v) is 18.0. The van der Waals surface area contributed by atoms with E-state index in [1.54, 1.807) is 0 Å². The van der Waals surface area contributed by atoms with Crippen LogP contribution in [0, 0.1) is 6.92 Å². The predicted octanol–water partition coefficient (Wildman–Crippen LogP) is 6.18. The molecule has 0 spiro atoms. The van der Waals surface area contributed by atoms with Crippen LogP contribution in [0.2, 0.25) is 0 Å². The first-order valence-corrected chi connectivity index (χ1v) is 9.76. The molecule has 0 saturated heterocycles. The lowest BCUT2D eigenvalue weighted by atomic mass is 9.94.